The molecule has 3 N–H and O–H groups in total. The van der Waals surface area contributed by atoms with E-state index in [2.05, 4.69) is 10.0 Å². The Morgan fingerprint density at radius 2 is 2.12 bits per heavy atom. The van der Waals surface area contributed by atoms with Crippen molar-refractivity contribution in [2.75, 3.05) is 6.54 Å². The first-order valence-electron chi connectivity index (χ1n) is 4.91. The Bertz CT molecular complexity index is 435. The van der Waals surface area contributed by atoms with E-state index in [4.69, 9.17) is 17.1 Å². The van der Waals surface area contributed by atoms with Crippen LogP contribution in [0.5, 0.6) is 5.75 Å². The van der Waals surface area contributed by atoms with Crippen LogP contribution in [0.4, 0.5) is 0 Å². The number of phenols is 1. The first kappa shape index (κ1) is 13.6. The molecule has 0 saturated heterocycles. The van der Waals surface area contributed by atoms with E-state index in [9.17, 15) is 15.3 Å². The average molecular weight is 258 g/mol. The van der Waals surface area contributed by atoms with Gasteiger partial charge in [0.15, 0.2) is 0 Å². The summed E-state index contributed by atoms with van der Waals surface area (Å²) in [7, 11) is 0. The highest BCUT2D eigenvalue weighted by atomic mass is 35.5. The molecule has 7 heteroatoms. The zero-order valence-electron chi connectivity index (χ0n) is 8.86. The highest BCUT2D eigenvalue weighted by molar-refractivity contribution is 6.32. The predicted octanol–water partition coefficient (Wildman–Crippen LogP) is 2.14. The van der Waals surface area contributed by atoms with Gasteiger partial charge in [-0.3, -0.25) is 0 Å². The van der Waals surface area contributed by atoms with E-state index in [1.54, 1.807) is 0 Å². The number of aliphatic hydroxyl groups is 2. The van der Waals surface area contributed by atoms with Gasteiger partial charge in [-0.05, 0) is 29.6 Å². The smallest absolute Gasteiger partial charge is 0.134 e. The molecule has 0 heterocycles. The lowest BCUT2D eigenvalue weighted by Crippen LogP contribution is -2.19. The highest BCUT2D eigenvalue weighted by Crippen LogP contribution is 2.28. The monoisotopic (exact) mass is 257 g/mol. The van der Waals surface area contributed by atoms with E-state index >= 15 is 0 Å². The summed E-state index contributed by atoms with van der Waals surface area (Å²) in [5, 5.41) is 32.2. The van der Waals surface area contributed by atoms with Gasteiger partial charge in [0.1, 0.15) is 11.9 Å². The van der Waals surface area contributed by atoms with Crippen molar-refractivity contribution in [1.82, 2.24) is 0 Å². The molecule has 0 radical (unpaired) electrons. The van der Waals surface area contributed by atoms with E-state index in [1.165, 1.54) is 18.2 Å². The Kier molecular flexibility index (Phi) is 5.06. The number of aromatic hydroxyl groups is 1. The van der Waals surface area contributed by atoms with Gasteiger partial charge in [-0.25, -0.2) is 0 Å². The van der Waals surface area contributed by atoms with E-state index in [0.717, 1.165) is 0 Å². The van der Waals surface area contributed by atoms with Crippen molar-refractivity contribution in [1.29, 1.82) is 0 Å². The molecule has 0 spiro atoms. The van der Waals surface area contributed by atoms with Crippen LogP contribution in [0.15, 0.2) is 23.3 Å². The normalized spacial score (nSPS) is 13.8. The second kappa shape index (κ2) is 6.32. The summed E-state index contributed by atoms with van der Waals surface area (Å²) in [6, 6.07) is 4.21. The van der Waals surface area contributed by atoms with E-state index in [1.807, 2.05) is 0 Å². The van der Waals surface area contributed by atoms with Crippen molar-refractivity contribution in [3.63, 3.8) is 0 Å². The van der Waals surface area contributed by atoms with Gasteiger partial charge < -0.3 is 15.3 Å². The van der Waals surface area contributed by atoms with Crippen LogP contribution in [0, 0.1) is 0 Å². The molecule has 0 fully saturated rings. The van der Waals surface area contributed by atoms with Crippen LogP contribution >= 0.6 is 11.6 Å². The number of phenolic OH excluding ortho intramolecular Hbond substituents is 1. The highest BCUT2D eigenvalue weighted by Gasteiger charge is 2.18. The third kappa shape index (κ3) is 3.80. The van der Waals surface area contributed by atoms with Gasteiger partial charge in [0.25, 0.3) is 0 Å². The molecule has 0 bridgehead atoms. The van der Waals surface area contributed by atoms with Crippen molar-refractivity contribution in [2.24, 2.45) is 5.11 Å². The minimum atomic E-state index is -1.16. The molecule has 0 amide bonds. The molecular weight excluding hydrogens is 246 g/mol. The van der Waals surface area contributed by atoms with Crippen molar-refractivity contribution >= 4 is 11.6 Å². The lowest BCUT2D eigenvalue weighted by molar-refractivity contribution is 0.0149. The van der Waals surface area contributed by atoms with Crippen LogP contribution in [-0.4, -0.2) is 28.0 Å². The summed E-state index contributed by atoms with van der Waals surface area (Å²) in [5.41, 5.74) is 8.42. The SMILES string of the molecule is [N-]=[N+]=NCCC(O)C(O)c1ccc(Cl)c(O)c1. The summed E-state index contributed by atoms with van der Waals surface area (Å²) in [6.45, 7) is 0.0916. The summed E-state index contributed by atoms with van der Waals surface area (Å²) in [6.07, 6.45) is -2.10. The number of benzene rings is 1. The zero-order chi connectivity index (χ0) is 12.8. The maximum atomic E-state index is 9.76. The fourth-order valence-corrected chi connectivity index (χ4v) is 1.45. The maximum Gasteiger partial charge on any atom is 0.134 e. The lowest BCUT2D eigenvalue weighted by Gasteiger charge is -2.17. The largest absolute Gasteiger partial charge is 0.506 e. The molecule has 17 heavy (non-hydrogen) atoms. The first-order valence-corrected chi connectivity index (χ1v) is 5.29. The number of nitrogens with zero attached hydrogens (tertiary/aromatic N) is 3. The zero-order valence-corrected chi connectivity index (χ0v) is 9.62. The molecule has 1 rings (SSSR count). The Labute approximate surface area is 103 Å². The molecule has 1 aromatic rings. The van der Waals surface area contributed by atoms with Gasteiger partial charge in [-0.1, -0.05) is 22.8 Å². The second-order valence-electron chi connectivity index (χ2n) is 3.47. The van der Waals surface area contributed by atoms with Gasteiger partial charge in [-0.15, -0.1) is 0 Å². The Morgan fingerprint density at radius 1 is 1.41 bits per heavy atom. The fourth-order valence-electron chi connectivity index (χ4n) is 1.33. The molecule has 0 saturated carbocycles. The topological polar surface area (TPSA) is 109 Å². The number of rotatable bonds is 5. The summed E-state index contributed by atoms with van der Waals surface area (Å²) in [4.78, 5) is 2.54. The Balaban J connectivity index is 2.70. The molecule has 2 unspecified atom stereocenters. The van der Waals surface area contributed by atoms with Crippen molar-refractivity contribution < 1.29 is 15.3 Å². The second-order valence-corrected chi connectivity index (χ2v) is 3.87. The van der Waals surface area contributed by atoms with Gasteiger partial charge >= 0.3 is 0 Å². The molecule has 1 aromatic carbocycles. The molecule has 6 nitrogen and oxygen atoms in total. The minimum absolute atomic E-state index is 0.0916. The summed E-state index contributed by atoms with van der Waals surface area (Å²) >= 11 is 5.62. The molecule has 0 aliphatic rings. The first-order chi connectivity index (χ1) is 8.06. The van der Waals surface area contributed by atoms with Crippen LogP contribution in [-0.2, 0) is 0 Å². The number of azide groups is 1. The quantitative estimate of drug-likeness (QED) is 0.427. The predicted molar refractivity (Wildman–Crippen MR) is 62.7 cm³/mol. The molecule has 2 atom stereocenters. The lowest BCUT2D eigenvalue weighted by atomic mass is 10.0. The molecular formula is C10H12ClN3O3. The summed E-state index contributed by atoms with van der Waals surface area (Å²) < 4.78 is 0. The molecule has 0 aliphatic heterocycles. The number of hydrogen-bond acceptors (Lipinski definition) is 4. The minimum Gasteiger partial charge on any atom is -0.506 e. The average Bonchev–Trinajstić information content (AvgIpc) is 2.32. The van der Waals surface area contributed by atoms with Crippen molar-refractivity contribution in [3.05, 3.63) is 39.2 Å². The van der Waals surface area contributed by atoms with Crippen LogP contribution in [0.25, 0.3) is 10.4 Å². The Hall–Kier alpha value is -1.46. The summed E-state index contributed by atoms with van der Waals surface area (Å²) in [5.74, 6) is -0.162. The van der Waals surface area contributed by atoms with Crippen molar-refractivity contribution in [2.45, 2.75) is 18.6 Å². The molecule has 92 valence electrons. The maximum absolute atomic E-state index is 9.76. The standard InChI is InChI=1S/C10H12ClN3O3/c11-7-2-1-6(5-9(7)16)10(17)8(15)3-4-13-14-12/h1-2,5,8,10,15-17H,3-4H2. The van der Waals surface area contributed by atoms with Crippen molar-refractivity contribution in [3.8, 4) is 5.75 Å². The van der Waals surface area contributed by atoms with Crippen LogP contribution in [0.2, 0.25) is 5.02 Å². The van der Waals surface area contributed by atoms with Crippen LogP contribution in [0.1, 0.15) is 18.1 Å². The molecule has 0 aliphatic carbocycles. The van der Waals surface area contributed by atoms with Crippen LogP contribution in [0.3, 0.4) is 0 Å². The third-order valence-corrected chi connectivity index (χ3v) is 2.58. The van der Waals surface area contributed by atoms with Gasteiger partial charge in [0.05, 0.1) is 11.1 Å². The molecule has 0 aromatic heterocycles. The van der Waals surface area contributed by atoms with Gasteiger partial charge in [0, 0.05) is 11.5 Å². The Morgan fingerprint density at radius 3 is 2.71 bits per heavy atom. The van der Waals surface area contributed by atoms with E-state index in [-0.39, 0.29) is 23.7 Å². The number of halogens is 1. The number of hydrogen-bond donors (Lipinski definition) is 3. The third-order valence-electron chi connectivity index (χ3n) is 2.26. The van der Waals surface area contributed by atoms with Gasteiger partial charge in [0.2, 0.25) is 0 Å². The van der Waals surface area contributed by atoms with Crippen LogP contribution < -0.4 is 0 Å². The van der Waals surface area contributed by atoms with E-state index in [0.29, 0.717) is 5.56 Å². The number of aliphatic hydroxyl groups excluding tert-OH is 2. The van der Waals surface area contributed by atoms with E-state index < -0.39 is 12.2 Å². The fraction of sp³-hybridized carbons (Fsp3) is 0.400. The van der Waals surface area contributed by atoms with Gasteiger partial charge in [-0.2, -0.15) is 0 Å².